The van der Waals surface area contributed by atoms with Crippen molar-refractivity contribution >= 4 is 29.9 Å². The number of nitrogens with zero attached hydrogens (tertiary/aromatic N) is 1. The zero-order valence-corrected chi connectivity index (χ0v) is 17.3. The van der Waals surface area contributed by atoms with Crippen LogP contribution in [-0.4, -0.2) is 71.4 Å². The molecule has 26 heavy (non-hydrogen) atoms. The maximum Gasteiger partial charge on any atom is 0.408 e. The van der Waals surface area contributed by atoms with Crippen LogP contribution in [0.5, 0.6) is 0 Å². The minimum atomic E-state index is -0.916. The monoisotopic (exact) mass is 389 g/mol. The van der Waals surface area contributed by atoms with Crippen LogP contribution in [0.2, 0.25) is 0 Å². The van der Waals surface area contributed by atoms with Gasteiger partial charge in [0, 0.05) is 24.6 Å². The summed E-state index contributed by atoms with van der Waals surface area (Å²) in [5, 5.41) is 5.10. The van der Waals surface area contributed by atoms with Gasteiger partial charge in [-0.15, -0.1) is 0 Å². The number of nitrogens with one attached hydrogen (secondary N) is 2. The van der Waals surface area contributed by atoms with Crippen molar-refractivity contribution in [2.24, 2.45) is 0 Å². The molecule has 1 aliphatic heterocycles. The lowest BCUT2D eigenvalue weighted by atomic mass is 10.2. The summed E-state index contributed by atoms with van der Waals surface area (Å²) in [6.07, 6.45) is -1.34. The number of rotatable bonds is 4. The molecule has 0 aliphatic carbocycles. The van der Waals surface area contributed by atoms with Crippen LogP contribution in [0.3, 0.4) is 0 Å². The SMILES string of the molecule is CC(C)(C)OC(=O)NC[C@@H](NC(=O)OC(C)(C)C)C(=O)N1CCSCC1. The van der Waals surface area contributed by atoms with Gasteiger partial charge in [0.1, 0.15) is 17.2 Å². The molecule has 150 valence electrons. The van der Waals surface area contributed by atoms with Crippen LogP contribution >= 0.6 is 11.8 Å². The van der Waals surface area contributed by atoms with Gasteiger partial charge in [0.15, 0.2) is 0 Å². The summed E-state index contributed by atoms with van der Waals surface area (Å²) in [4.78, 5) is 38.4. The molecule has 1 rings (SSSR count). The Labute approximate surface area is 159 Å². The highest BCUT2D eigenvalue weighted by Crippen LogP contribution is 2.12. The van der Waals surface area contributed by atoms with E-state index in [9.17, 15) is 14.4 Å². The van der Waals surface area contributed by atoms with Crippen molar-refractivity contribution < 1.29 is 23.9 Å². The van der Waals surface area contributed by atoms with E-state index in [-0.39, 0.29) is 12.5 Å². The Bertz CT molecular complexity index is 508. The Balaban J connectivity index is 2.72. The minimum absolute atomic E-state index is 0.0728. The molecule has 0 aromatic carbocycles. The highest BCUT2D eigenvalue weighted by Gasteiger charge is 2.30. The molecule has 3 amide bonds. The van der Waals surface area contributed by atoms with Crippen LogP contribution in [0, 0.1) is 0 Å². The van der Waals surface area contributed by atoms with Crippen LogP contribution in [0.4, 0.5) is 9.59 Å². The van der Waals surface area contributed by atoms with E-state index >= 15 is 0 Å². The molecule has 1 fully saturated rings. The van der Waals surface area contributed by atoms with Crippen molar-refractivity contribution in [3.05, 3.63) is 0 Å². The van der Waals surface area contributed by atoms with Crippen molar-refractivity contribution in [1.29, 1.82) is 0 Å². The summed E-state index contributed by atoms with van der Waals surface area (Å²) in [5.74, 6) is 1.46. The van der Waals surface area contributed by atoms with Crippen LogP contribution < -0.4 is 10.6 Å². The number of thioether (sulfide) groups is 1. The molecule has 9 heteroatoms. The molecule has 1 saturated heterocycles. The van der Waals surface area contributed by atoms with Gasteiger partial charge in [-0.1, -0.05) is 0 Å². The van der Waals surface area contributed by atoms with Crippen LogP contribution in [-0.2, 0) is 14.3 Å². The number of ether oxygens (including phenoxy) is 2. The zero-order valence-electron chi connectivity index (χ0n) is 16.5. The average Bonchev–Trinajstić information content (AvgIpc) is 2.48. The van der Waals surface area contributed by atoms with Gasteiger partial charge >= 0.3 is 12.2 Å². The van der Waals surface area contributed by atoms with E-state index in [2.05, 4.69) is 10.6 Å². The normalized spacial score (nSPS) is 16.5. The summed E-state index contributed by atoms with van der Waals surface area (Å²) >= 11 is 1.78. The molecular formula is C17H31N3O5S. The Kier molecular flexibility index (Phi) is 8.05. The number of hydrogen-bond acceptors (Lipinski definition) is 6. The summed E-state index contributed by atoms with van der Waals surface area (Å²) in [6.45, 7) is 11.6. The van der Waals surface area contributed by atoms with E-state index in [0.717, 1.165) is 11.5 Å². The number of alkyl carbamates (subject to hydrolysis) is 2. The molecular weight excluding hydrogens is 358 g/mol. The highest BCUT2D eigenvalue weighted by molar-refractivity contribution is 7.99. The lowest BCUT2D eigenvalue weighted by Gasteiger charge is -2.31. The molecule has 0 aromatic rings. The lowest BCUT2D eigenvalue weighted by Crippen LogP contribution is -2.56. The second-order valence-electron chi connectivity index (χ2n) is 8.02. The first-order valence-electron chi connectivity index (χ1n) is 8.70. The van der Waals surface area contributed by atoms with Crippen LogP contribution in [0.25, 0.3) is 0 Å². The first-order valence-corrected chi connectivity index (χ1v) is 9.86. The molecule has 1 heterocycles. The smallest absolute Gasteiger partial charge is 0.408 e. The van der Waals surface area contributed by atoms with E-state index in [1.54, 1.807) is 58.2 Å². The topological polar surface area (TPSA) is 97.0 Å². The summed E-state index contributed by atoms with van der Waals surface area (Å²) in [6, 6.07) is -0.916. The zero-order chi connectivity index (χ0) is 20.0. The molecule has 0 saturated carbocycles. The number of amides is 3. The van der Waals surface area contributed by atoms with Crippen molar-refractivity contribution in [3.63, 3.8) is 0 Å². The van der Waals surface area contributed by atoms with Gasteiger partial charge in [0.25, 0.3) is 0 Å². The van der Waals surface area contributed by atoms with Gasteiger partial charge < -0.3 is 25.0 Å². The van der Waals surface area contributed by atoms with Gasteiger partial charge in [0.2, 0.25) is 5.91 Å². The lowest BCUT2D eigenvalue weighted by molar-refractivity contribution is -0.133. The fraction of sp³-hybridized carbons (Fsp3) is 0.824. The van der Waals surface area contributed by atoms with Gasteiger partial charge in [-0.25, -0.2) is 9.59 Å². The molecule has 0 radical (unpaired) electrons. The second-order valence-corrected chi connectivity index (χ2v) is 9.24. The first-order chi connectivity index (χ1) is 11.9. The number of carbonyl (C=O) groups is 3. The molecule has 0 unspecified atom stereocenters. The third-order valence-corrected chi connectivity index (χ3v) is 4.10. The fourth-order valence-electron chi connectivity index (χ4n) is 2.15. The van der Waals surface area contributed by atoms with Gasteiger partial charge in [0.05, 0.1) is 6.54 Å². The van der Waals surface area contributed by atoms with Crippen LogP contribution in [0.1, 0.15) is 41.5 Å². The molecule has 0 bridgehead atoms. The molecule has 0 aromatic heterocycles. The number of hydrogen-bond donors (Lipinski definition) is 2. The molecule has 1 atom stereocenters. The summed E-state index contributed by atoms with van der Waals surface area (Å²) < 4.78 is 10.4. The van der Waals surface area contributed by atoms with E-state index in [4.69, 9.17) is 9.47 Å². The molecule has 1 aliphatic rings. The molecule has 8 nitrogen and oxygen atoms in total. The Morgan fingerprint density at radius 2 is 1.46 bits per heavy atom. The average molecular weight is 390 g/mol. The summed E-state index contributed by atoms with van der Waals surface area (Å²) in [7, 11) is 0. The molecule has 2 N–H and O–H groups in total. The van der Waals surface area contributed by atoms with Crippen molar-refractivity contribution in [3.8, 4) is 0 Å². The quantitative estimate of drug-likeness (QED) is 0.763. The van der Waals surface area contributed by atoms with Gasteiger partial charge in [-0.05, 0) is 41.5 Å². The Morgan fingerprint density at radius 1 is 0.962 bits per heavy atom. The van der Waals surface area contributed by atoms with Gasteiger partial charge in [-0.2, -0.15) is 11.8 Å². The minimum Gasteiger partial charge on any atom is -0.444 e. The first kappa shape index (κ1) is 22.4. The Morgan fingerprint density at radius 3 is 1.96 bits per heavy atom. The van der Waals surface area contributed by atoms with Crippen molar-refractivity contribution in [1.82, 2.24) is 15.5 Å². The highest BCUT2D eigenvalue weighted by atomic mass is 32.2. The maximum atomic E-state index is 12.8. The fourth-order valence-corrected chi connectivity index (χ4v) is 3.06. The number of carbonyl (C=O) groups excluding carboxylic acids is 3. The standard InChI is InChI=1S/C17H31N3O5S/c1-16(2,3)24-14(22)18-11-12(19-15(23)25-17(4,5)6)13(21)20-7-9-26-10-8-20/h12H,7-11H2,1-6H3,(H,18,22)(H,19,23)/t12-/m1/s1. The third-order valence-electron chi connectivity index (χ3n) is 3.16. The Hall–Kier alpha value is -1.64. The maximum absolute atomic E-state index is 12.8. The molecule has 0 spiro atoms. The summed E-state index contributed by atoms with van der Waals surface area (Å²) in [5.41, 5.74) is -1.33. The van der Waals surface area contributed by atoms with E-state index < -0.39 is 29.4 Å². The van der Waals surface area contributed by atoms with Gasteiger partial charge in [-0.3, -0.25) is 4.79 Å². The van der Waals surface area contributed by atoms with Crippen molar-refractivity contribution in [2.75, 3.05) is 31.1 Å². The predicted octanol–water partition coefficient (Wildman–Crippen LogP) is 1.98. The van der Waals surface area contributed by atoms with Crippen LogP contribution in [0.15, 0.2) is 0 Å². The largest absolute Gasteiger partial charge is 0.444 e. The van der Waals surface area contributed by atoms with E-state index in [1.807, 2.05) is 0 Å². The van der Waals surface area contributed by atoms with E-state index in [1.165, 1.54) is 0 Å². The second kappa shape index (κ2) is 9.34. The van der Waals surface area contributed by atoms with Crippen molar-refractivity contribution in [2.45, 2.75) is 58.8 Å². The third kappa shape index (κ3) is 9.17. The van der Waals surface area contributed by atoms with E-state index in [0.29, 0.717) is 13.1 Å². The predicted molar refractivity (Wildman–Crippen MR) is 101 cm³/mol.